The smallest absolute Gasteiger partial charge is 0.193 e. The largest absolute Gasteiger partial charge is 0.494 e. The first kappa shape index (κ1) is 20.6. The Hall–Kier alpha value is -1.44. The predicted octanol–water partition coefficient (Wildman–Crippen LogP) is 3.79. The lowest BCUT2D eigenvalue weighted by molar-refractivity contribution is 0.332. The highest BCUT2D eigenvalue weighted by atomic mass is 127. The Bertz CT molecular complexity index is 490. The molecule has 1 rings (SSSR count). The third kappa shape index (κ3) is 7.53. The quantitative estimate of drug-likeness (QED) is 0.221. The summed E-state index contributed by atoms with van der Waals surface area (Å²) in [6, 6.07) is 5.60. The van der Waals surface area contributed by atoms with Gasteiger partial charge in [-0.1, -0.05) is 12.2 Å². The van der Waals surface area contributed by atoms with Gasteiger partial charge in [-0.15, -0.1) is 24.0 Å². The molecule has 0 heterocycles. The fourth-order valence-corrected chi connectivity index (χ4v) is 1.75. The first-order valence-corrected chi connectivity index (χ1v) is 7.29. The number of rotatable bonds is 8. The Morgan fingerprint density at radius 1 is 1.27 bits per heavy atom. The fraction of sp³-hybridized carbons (Fsp3) is 0.438. The van der Waals surface area contributed by atoms with Crippen LogP contribution in [0.1, 0.15) is 27.2 Å². The number of hydrogen-bond donors (Lipinski definition) is 2. The number of guanidine groups is 1. The predicted molar refractivity (Wildman–Crippen MR) is 104 cm³/mol. The molecule has 1 aromatic carbocycles. The van der Waals surface area contributed by atoms with Crippen molar-refractivity contribution in [3.05, 3.63) is 30.4 Å². The van der Waals surface area contributed by atoms with Gasteiger partial charge in [0, 0.05) is 12.6 Å². The third-order valence-corrected chi connectivity index (χ3v) is 2.64. The van der Waals surface area contributed by atoms with Gasteiger partial charge in [0.15, 0.2) is 5.96 Å². The van der Waals surface area contributed by atoms with Crippen LogP contribution in [0.3, 0.4) is 0 Å². The lowest BCUT2D eigenvalue weighted by Crippen LogP contribution is -2.23. The molecule has 0 fully saturated rings. The molecular weight excluding hydrogens is 393 g/mol. The van der Waals surface area contributed by atoms with E-state index in [9.17, 15) is 0 Å². The van der Waals surface area contributed by atoms with Gasteiger partial charge in [0.05, 0.1) is 18.9 Å². The Balaban J connectivity index is 0.00000441. The first-order chi connectivity index (χ1) is 10.2. The molecule has 0 atom stereocenters. The van der Waals surface area contributed by atoms with Gasteiger partial charge in [-0.2, -0.15) is 0 Å². The van der Waals surface area contributed by atoms with Crippen molar-refractivity contribution < 1.29 is 9.47 Å². The van der Waals surface area contributed by atoms with Crippen LogP contribution < -0.4 is 20.5 Å². The number of nitrogens with one attached hydrogen (secondary N) is 1. The number of anilines is 1. The van der Waals surface area contributed by atoms with E-state index in [1.165, 1.54) is 0 Å². The maximum atomic E-state index is 5.90. The van der Waals surface area contributed by atoms with Crippen molar-refractivity contribution in [2.45, 2.75) is 27.2 Å². The number of nitrogens with two attached hydrogens (primary N) is 1. The van der Waals surface area contributed by atoms with E-state index in [0.717, 1.165) is 23.6 Å². The van der Waals surface area contributed by atoms with Gasteiger partial charge in [-0.05, 0) is 39.3 Å². The Labute approximate surface area is 150 Å². The van der Waals surface area contributed by atoms with Gasteiger partial charge >= 0.3 is 0 Å². The molecule has 0 amide bonds. The molecule has 0 unspecified atom stereocenters. The average Bonchev–Trinajstić information content (AvgIpc) is 2.47. The summed E-state index contributed by atoms with van der Waals surface area (Å²) in [6.07, 6.45) is 4.92. The number of allylic oxidation sites excluding steroid dienone is 1. The van der Waals surface area contributed by atoms with Crippen LogP contribution in [-0.2, 0) is 0 Å². The Morgan fingerprint density at radius 3 is 2.64 bits per heavy atom. The van der Waals surface area contributed by atoms with Gasteiger partial charge in [0.1, 0.15) is 11.5 Å². The van der Waals surface area contributed by atoms with Crippen molar-refractivity contribution in [2.75, 3.05) is 25.1 Å². The molecule has 0 aliphatic heterocycles. The van der Waals surface area contributed by atoms with Crippen LogP contribution in [-0.4, -0.2) is 25.7 Å². The summed E-state index contributed by atoms with van der Waals surface area (Å²) in [4.78, 5) is 4.27. The minimum absolute atomic E-state index is 0. The summed E-state index contributed by atoms with van der Waals surface area (Å²) in [6.45, 7) is 7.72. The summed E-state index contributed by atoms with van der Waals surface area (Å²) in [7, 11) is 0. The van der Waals surface area contributed by atoms with Crippen molar-refractivity contribution in [2.24, 2.45) is 10.7 Å². The molecule has 1 aromatic rings. The minimum atomic E-state index is 0. The molecule has 22 heavy (non-hydrogen) atoms. The fourth-order valence-electron chi connectivity index (χ4n) is 1.75. The zero-order valence-electron chi connectivity index (χ0n) is 13.5. The third-order valence-electron chi connectivity index (χ3n) is 2.64. The molecule has 124 valence electrons. The Morgan fingerprint density at radius 2 is 2.00 bits per heavy atom. The van der Waals surface area contributed by atoms with Gasteiger partial charge in [-0.3, -0.25) is 4.99 Å². The van der Waals surface area contributed by atoms with Crippen LogP contribution in [0, 0.1) is 0 Å². The van der Waals surface area contributed by atoms with Crippen molar-refractivity contribution in [1.29, 1.82) is 0 Å². The molecule has 0 aliphatic carbocycles. The monoisotopic (exact) mass is 419 g/mol. The molecule has 0 radical (unpaired) electrons. The van der Waals surface area contributed by atoms with Crippen molar-refractivity contribution in [1.82, 2.24) is 0 Å². The molecule has 0 spiro atoms. The van der Waals surface area contributed by atoms with Crippen LogP contribution >= 0.6 is 24.0 Å². The molecule has 0 bridgehead atoms. The first-order valence-electron chi connectivity index (χ1n) is 7.29. The van der Waals surface area contributed by atoms with Crippen molar-refractivity contribution >= 4 is 35.6 Å². The second-order valence-corrected chi connectivity index (χ2v) is 4.27. The number of benzene rings is 1. The van der Waals surface area contributed by atoms with Gasteiger partial charge in [0.25, 0.3) is 0 Å². The van der Waals surface area contributed by atoms with E-state index in [-0.39, 0.29) is 24.0 Å². The van der Waals surface area contributed by atoms with Crippen LogP contribution in [0.2, 0.25) is 0 Å². The van der Waals surface area contributed by atoms with E-state index >= 15 is 0 Å². The summed E-state index contributed by atoms with van der Waals surface area (Å²) >= 11 is 0. The standard InChI is InChI=1S/C16H25N3O2.HI/c1-4-7-8-11-18-16(17)19-14-12-13(20-5-2)9-10-15(14)21-6-3;/h4,7,9-10,12H,5-6,8,11H2,1-3H3,(H3,17,18,19);1H. The normalized spacial score (nSPS) is 11.1. The lowest BCUT2D eigenvalue weighted by Gasteiger charge is -2.13. The van der Waals surface area contributed by atoms with Crippen molar-refractivity contribution in [3.63, 3.8) is 0 Å². The number of aliphatic imine (C=N–C) groups is 1. The lowest BCUT2D eigenvalue weighted by atomic mass is 10.2. The maximum absolute atomic E-state index is 5.90. The second-order valence-electron chi connectivity index (χ2n) is 4.27. The van der Waals surface area contributed by atoms with E-state index in [0.29, 0.717) is 25.7 Å². The van der Waals surface area contributed by atoms with Gasteiger partial charge in [-0.25, -0.2) is 0 Å². The van der Waals surface area contributed by atoms with Crippen LogP contribution in [0.25, 0.3) is 0 Å². The highest BCUT2D eigenvalue weighted by molar-refractivity contribution is 14.0. The highest BCUT2D eigenvalue weighted by Gasteiger charge is 2.06. The SMILES string of the molecule is CC=CCCN=C(N)Nc1cc(OCC)ccc1OCC.I. The average molecular weight is 419 g/mol. The second kappa shape index (κ2) is 12.1. The van der Waals surface area contributed by atoms with Crippen LogP contribution in [0.5, 0.6) is 11.5 Å². The van der Waals surface area contributed by atoms with Crippen molar-refractivity contribution in [3.8, 4) is 11.5 Å². The molecule has 0 aliphatic rings. The molecule has 0 aromatic heterocycles. The zero-order chi connectivity index (χ0) is 15.5. The maximum Gasteiger partial charge on any atom is 0.193 e. The molecule has 6 heteroatoms. The molecule has 5 nitrogen and oxygen atoms in total. The van der Waals surface area contributed by atoms with E-state index in [2.05, 4.69) is 16.4 Å². The molecule has 0 saturated heterocycles. The number of ether oxygens (including phenoxy) is 2. The molecular formula is C16H26IN3O2. The summed E-state index contributed by atoms with van der Waals surface area (Å²) in [5.74, 6) is 1.87. The zero-order valence-corrected chi connectivity index (χ0v) is 15.8. The topological polar surface area (TPSA) is 68.9 Å². The van der Waals surface area contributed by atoms with E-state index in [1.54, 1.807) is 0 Å². The van der Waals surface area contributed by atoms with E-state index < -0.39 is 0 Å². The van der Waals surface area contributed by atoms with E-state index in [1.807, 2.05) is 45.0 Å². The van der Waals surface area contributed by atoms with E-state index in [4.69, 9.17) is 15.2 Å². The molecule has 0 saturated carbocycles. The summed E-state index contributed by atoms with van der Waals surface area (Å²) < 4.78 is 11.1. The number of halogens is 1. The minimum Gasteiger partial charge on any atom is -0.494 e. The van der Waals surface area contributed by atoms with Crippen LogP contribution in [0.15, 0.2) is 35.3 Å². The molecule has 3 N–H and O–H groups in total. The highest BCUT2D eigenvalue weighted by Crippen LogP contribution is 2.29. The summed E-state index contributed by atoms with van der Waals surface area (Å²) in [5.41, 5.74) is 6.65. The summed E-state index contributed by atoms with van der Waals surface area (Å²) in [5, 5.41) is 3.07. The van der Waals surface area contributed by atoms with Gasteiger partial charge in [0.2, 0.25) is 0 Å². The Kier molecular flexibility index (Phi) is 11.3. The van der Waals surface area contributed by atoms with Crippen LogP contribution in [0.4, 0.5) is 5.69 Å². The van der Waals surface area contributed by atoms with Gasteiger partial charge < -0.3 is 20.5 Å². The number of hydrogen-bond acceptors (Lipinski definition) is 3. The number of nitrogens with zero attached hydrogens (tertiary/aromatic N) is 1.